The maximum absolute atomic E-state index is 14.4. The summed E-state index contributed by atoms with van der Waals surface area (Å²) in [4.78, 5) is 46.7. The number of rotatable bonds is 10. The smallest absolute Gasteiger partial charge is 0.246 e. The molecule has 2 N–H and O–H groups in total. The zero-order chi connectivity index (χ0) is 34.3. The molecular formula is C39H48ClFN4O4. The quantitative estimate of drug-likeness (QED) is 0.305. The van der Waals surface area contributed by atoms with Gasteiger partial charge in [0.1, 0.15) is 17.5 Å². The largest absolute Gasteiger partial charge is 0.359 e. The second-order valence-corrected chi connectivity index (χ2v) is 15.5. The van der Waals surface area contributed by atoms with Crippen molar-refractivity contribution in [2.24, 2.45) is 29.6 Å². The van der Waals surface area contributed by atoms with E-state index in [1.807, 2.05) is 12.2 Å². The lowest BCUT2D eigenvalue weighted by molar-refractivity contribution is -0.141. The third kappa shape index (κ3) is 6.66. The van der Waals surface area contributed by atoms with Crippen molar-refractivity contribution in [2.75, 3.05) is 31.5 Å². The number of nitrogens with one attached hydrogen (secondary N) is 2. The molecule has 2 bridgehead atoms. The Hall–Kier alpha value is -3.27. The highest BCUT2D eigenvalue weighted by Gasteiger charge is 2.72. The summed E-state index contributed by atoms with van der Waals surface area (Å²) in [6.45, 7) is 7.69. The summed E-state index contributed by atoms with van der Waals surface area (Å²) in [5.41, 5.74) is 0.494. The van der Waals surface area contributed by atoms with Gasteiger partial charge in [0, 0.05) is 18.3 Å². The lowest BCUT2D eigenvalue weighted by Crippen LogP contribution is -2.58. The first-order valence-electron chi connectivity index (χ1n) is 18.1. The molecule has 0 unspecified atom stereocenters. The van der Waals surface area contributed by atoms with Gasteiger partial charge >= 0.3 is 0 Å². The summed E-state index contributed by atoms with van der Waals surface area (Å²) < 4.78 is 20.3. The molecule has 8 nitrogen and oxygen atoms in total. The van der Waals surface area contributed by atoms with Crippen molar-refractivity contribution < 1.29 is 23.5 Å². The van der Waals surface area contributed by atoms with E-state index in [1.165, 1.54) is 23.8 Å². The van der Waals surface area contributed by atoms with Crippen molar-refractivity contribution >= 4 is 35.0 Å². The molecule has 0 radical (unpaired) electrons. The van der Waals surface area contributed by atoms with Gasteiger partial charge in [0.25, 0.3) is 0 Å². The average Bonchev–Trinajstić information content (AvgIpc) is 3.73. The maximum atomic E-state index is 14.4. The molecule has 262 valence electrons. The first-order valence-corrected chi connectivity index (χ1v) is 18.5. The van der Waals surface area contributed by atoms with E-state index >= 15 is 0 Å². The zero-order valence-electron chi connectivity index (χ0n) is 28.5. The molecule has 2 aromatic rings. The van der Waals surface area contributed by atoms with E-state index < -0.39 is 41.3 Å². The predicted octanol–water partition coefficient (Wildman–Crippen LogP) is 5.85. The fraction of sp³-hybridized carbons (Fsp3) is 0.564. The van der Waals surface area contributed by atoms with Gasteiger partial charge in [-0.05, 0) is 93.3 Å². The van der Waals surface area contributed by atoms with Crippen LogP contribution in [0.4, 0.5) is 10.1 Å². The number of benzene rings is 2. The topological polar surface area (TPSA) is 91.0 Å². The molecule has 4 aliphatic heterocycles. The number of fused-ring (bicyclic) bond motifs is 1. The van der Waals surface area contributed by atoms with Crippen molar-refractivity contribution in [1.82, 2.24) is 15.1 Å². The number of hydrogen-bond acceptors (Lipinski definition) is 5. The van der Waals surface area contributed by atoms with Crippen molar-refractivity contribution in [1.29, 1.82) is 0 Å². The second-order valence-electron chi connectivity index (χ2n) is 15.1. The van der Waals surface area contributed by atoms with Crippen molar-refractivity contribution in [3.63, 3.8) is 0 Å². The molecular weight excluding hydrogens is 643 g/mol. The Morgan fingerprint density at radius 1 is 1.02 bits per heavy atom. The summed E-state index contributed by atoms with van der Waals surface area (Å²) in [6.07, 6.45) is 10.2. The number of anilines is 1. The van der Waals surface area contributed by atoms with Gasteiger partial charge in [-0.15, -0.1) is 0 Å². The summed E-state index contributed by atoms with van der Waals surface area (Å²) in [5, 5.41) is 6.05. The fourth-order valence-corrected chi connectivity index (χ4v) is 9.36. The minimum atomic E-state index is -1.23. The molecule has 7 rings (SSSR count). The Morgan fingerprint density at radius 3 is 2.55 bits per heavy atom. The molecule has 4 fully saturated rings. The Bertz CT molecular complexity index is 1580. The number of amides is 3. The molecule has 3 saturated heterocycles. The van der Waals surface area contributed by atoms with Gasteiger partial charge in [0.15, 0.2) is 0 Å². The van der Waals surface area contributed by atoms with Crippen LogP contribution >= 0.6 is 11.6 Å². The van der Waals surface area contributed by atoms with Gasteiger partial charge in [0.05, 0.1) is 23.0 Å². The van der Waals surface area contributed by atoms with Crippen molar-refractivity contribution in [3.05, 3.63) is 77.1 Å². The molecule has 8 atom stereocenters. The van der Waals surface area contributed by atoms with Crippen LogP contribution in [0.15, 0.2) is 60.7 Å². The van der Waals surface area contributed by atoms with Crippen LogP contribution in [0.1, 0.15) is 57.9 Å². The predicted molar refractivity (Wildman–Crippen MR) is 187 cm³/mol. The SMILES string of the molecule is C[C@@H]1[C@H](C)CCC[C@@H]1NC(=O)[C@@H]1N(CCCN2CCC(Cc3ccccc3)CC2)C(=O)[C@H]2[C@H](C(=O)Nc3ccc(F)c(Cl)c3)[C@H]3C=C[C@@]12O3. The molecule has 1 aliphatic carbocycles. The van der Waals surface area contributed by atoms with Gasteiger partial charge < -0.3 is 25.2 Å². The van der Waals surface area contributed by atoms with Crippen molar-refractivity contribution in [3.8, 4) is 0 Å². The molecule has 10 heteroatoms. The van der Waals surface area contributed by atoms with Crippen molar-refractivity contribution in [2.45, 2.75) is 82.6 Å². The second kappa shape index (κ2) is 14.2. The molecule has 1 saturated carbocycles. The normalized spacial score (nSPS) is 32.8. The van der Waals surface area contributed by atoms with Gasteiger partial charge in [-0.3, -0.25) is 14.4 Å². The fourth-order valence-electron chi connectivity index (χ4n) is 9.18. The number of hydrogen-bond donors (Lipinski definition) is 2. The lowest BCUT2D eigenvalue weighted by Gasteiger charge is -2.38. The summed E-state index contributed by atoms with van der Waals surface area (Å²) >= 11 is 5.98. The molecule has 0 aromatic heterocycles. The Kier molecular flexibility index (Phi) is 9.88. The van der Waals surface area contributed by atoms with Crippen LogP contribution in [0, 0.1) is 35.4 Å². The summed E-state index contributed by atoms with van der Waals surface area (Å²) in [5.74, 6) is -1.62. The minimum Gasteiger partial charge on any atom is -0.359 e. The van der Waals surface area contributed by atoms with Crippen LogP contribution in [0.25, 0.3) is 0 Å². The third-order valence-corrected chi connectivity index (χ3v) is 12.4. The van der Waals surface area contributed by atoms with E-state index in [9.17, 15) is 18.8 Å². The Labute approximate surface area is 293 Å². The monoisotopic (exact) mass is 690 g/mol. The molecule has 2 aromatic carbocycles. The highest BCUT2D eigenvalue weighted by atomic mass is 35.5. The number of likely N-dealkylation sites (tertiary alicyclic amines) is 2. The average molecular weight is 691 g/mol. The van der Waals surface area contributed by atoms with Gasteiger partial charge in [-0.2, -0.15) is 0 Å². The lowest BCUT2D eigenvalue weighted by atomic mass is 9.73. The first kappa shape index (κ1) is 34.2. The van der Waals surface area contributed by atoms with Crippen LogP contribution in [-0.4, -0.2) is 77.5 Å². The number of ether oxygens (including phenoxy) is 1. The number of nitrogens with zero attached hydrogens (tertiary/aromatic N) is 2. The Morgan fingerprint density at radius 2 is 1.80 bits per heavy atom. The number of piperidine rings is 1. The minimum absolute atomic E-state index is 0.0192. The van der Waals surface area contributed by atoms with Crippen LogP contribution in [-0.2, 0) is 25.5 Å². The van der Waals surface area contributed by atoms with E-state index in [0.717, 1.165) is 64.6 Å². The number of halogens is 2. The summed E-state index contributed by atoms with van der Waals surface area (Å²) in [6, 6.07) is 13.8. The van der Waals surface area contributed by atoms with E-state index in [2.05, 4.69) is 59.7 Å². The van der Waals surface area contributed by atoms with E-state index in [0.29, 0.717) is 30.0 Å². The van der Waals surface area contributed by atoms with E-state index in [-0.39, 0.29) is 22.9 Å². The molecule has 5 aliphatic rings. The summed E-state index contributed by atoms with van der Waals surface area (Å²) in [7, 11) is 0. The molecule has 1 spiro atoms. The highest BCUT2D eigenvalue weighted by Crippen LogP contribution is 2.55. The van der Waals surface area contributed by atoms with Crippen LogP contribution < -0.4 is 10.6 Å². The van der Waals surface area contributed by atoms with Gasteiger partial charge in [-0.1, -0.05) is 80.8 Å². The van der Waals surface area contributed by atoms with E-state index in [4.69, 9.17) is 16.3 Å². The molecule has 4 heterocycles. The highest BCUT2D eigenvalue weighted by molar-refractivity contribution is 6.31. The zero-order valence-corrected chi connectivity index (χ0v) is 29.2. The van der Waals surface area contributed by atoms with E-state index in [1.54, 1.807) is 4.90 Å². The number of carbonyl (C=O) groups excluding carboxylic acids is 3. The standard InChI is InChI=1S/C39H48ClFN4O4/c1-24-8-6-11-31(25(24)2)43-37(47)35-39-17-14-32(49-39)33(36(46)42-28-12-13-30(41)29(40)23-28)34(39)38(48)45(35)19-7-18-44-20-15-27(16-21-44)22-26-9-4-3-5-10-26/h3-5,9-10,12-14,17,23-25,27,31-35H,6-8,11,15-16,18-22H2,1-2H3,(H,42,46)(H,43,47)/t24-,25-,31+,32-,33-,34-,35+,39+/m1/s1. The Balaban J connectivity index is 1.06. The molecule has 49 heavy (non-hydrogen) atoms. The van der Waals surface area contributed by atoms with Gasteiger partial charge in [-0.25, -0.2) is 4.39 Å². The first-order chi connectivity index (χ1) is 23.6. The molecule has 3 amide bonds. The third-order valence-electron chi connectivity index (χ3n) is 12.1. The van der Waals surface area contributed by atoms with Crippen LogP contribution in [0.2, 0.25) is 5.02 Å². The number of carbonyl (C=O) groups is 3. The van der Waals surface area contributed by atoms with Crippen LogP contribution in [0.5, 0.6) is 0 Å². The van der Waals surface area contributed by atoms with Gasteiger partial charge in [0.2, 0.25) is 17.7 Å². The maximum Gasteiger partial charge on any atom is 0.246 e. The van der Waals surface area contributed by atoms with Crippen LogP contribution in [0.3, 0.4) is 0 Å².